The monoisotopic (exact) mass is 134 g/mol. The van der Waals surface area contributed by atoms with E-state index < -0.39 is 0 Å². The molecule has 1 N–H and O–H groups in total. The Morgan fingerprint density at radius 1 is 1.80 bits per heavy atom. The molecule has 0 aliphatic rings. The Morgan fingerprint density at radius 3 is 2.90 bits per heavy atom. The smallest absolute Gasteiger partial charge is 0.167 e. The summed E-state index contributed by atoms with van der Waals surface area (Å²) in [5.41, 5.74) is 1.60. The highest BCUT2D eigenvalue weighted by Gasteiger charge is 2.01. The summed E-state index contributed by atoms with van der Waals surface area (Å²) in [6.45, 7) is 1.80. The van der Waals surface area contributed by atoms with Gasteiger partial charge >= 0.3 is 0 Å². The second-order valence-corrected chi connectivity index (χ2v) is 2.01. The molecule has 50 valence electrons. The Balaban J connectivity index is 3.24. The molecular weight excluding hydrogens is 128 g/mol. The highest BCUT2D eigenvalue weighted by atomic mass is 16.1. The third-order valence-corrected chi connectivity index (χ3v) is 1.22. The Kier molecular flexibility index (Phi) is 1.55. The van der Waals surface area contributed by atoms with Crippen LogP contribution >= 0.6 is 0 Å². The second-order valence-electron chi connectivity index (χ2n) is 2.01. The van der Waals surface area contributed by atoms with E-state index in [1.165, 1.54) is 0 Å². The zero-order chi connectivity index (χ0) is 7.56. The Bertz CT molecular complexity index is 293. The summed E-state index contributed by atoms with van der Waals surface area (Å²) in [7, 11) is 0. The fourth-order valence-corrected chi connectivity index (χ4v) is 0.796. The van der Waals surface area contributed by atoms with Crippen LogP contribution in [-0.2, 0) is 0 Å². The number of nitrogens with one attached hydrogen (secondary N) is 1. The molecule has 1 heterocycles. The van der Waals surface area contributed by atoms with Crippen molar-refractivity contribution in [3.8, 4) is 6.07 Å². The molecule has 1 aromatic rings. The normalized spacial score (nSPS) is 8.80. The van der Waals surface area contributed by atoms with Gasteiger partial charge < -0.3 is 4.98 Å². The first-order valence-corrected chi connectivity index (χ1v) is 2.83. The summed E-state index contributed by atoms with van der Waals surface area (Å²) in [4.78, 5) is 13.0. The quantitative estimate of drug-likeness (QED) is 0.582. The molecule has 0 spiro atoms. The average Bonchev–Trinajstić information content (AvgIpc) is 2.30. The lowest BCUT2D eigenvalue weighted by atomic mass is 10.3. The molecule has 1 aromatic heterocycles. The minimum absolute atomic E-state index is 0.361. The van der Waals surface area contributed by atoms with E-state index in [9.17, 15) is 4.79 Å². The van der Waals surface area contributed by atoms with Gasteiger partial charge in [-0.25, -0.2) is 0 Å². The van der Waals surface area contributed by atoms with Crippen molar-refractivity contribution in [3.63, 3.8) is 0 Å². The molecule has 3 heteroatoms. The highest BCUT2D eigenvalue weighted by molar-refractivity contribution is 5.76. The molecular formula is C7H6N2O. The second kappa shape index (κ2) is 2.36. The highest BCUT2D eigenvalue weighted by Crippen LogP contribution is 2.05. The largest absolute Gasteiger partial charge is 0.355 e. The third-order valence-electron chi connectivity index (χ3n) is 1.22. The zero-order valence-corrected chi connectivity index (χ0v) is 5.51. The number of aryl methyl sites for hydroxylation is 1. The van der Waals surface area contributed by atoms with Crippen molar-refractivity contribution in [2.24, 2.45) is 0 Å². The molecule has 0 atom stereocenters. The first kappa shape index (κ1) is 6.56. The van der Waals surface area contributed by atoms with E-state index >= 15 is 0 Å². The summed E-state index contributed by atoms with van der Waals surface area (Å²) < 4.78 is 0. The number of carbonyl (C=O) groups is 1. The van der Waals surface area contributed by atoms with Crippen molar-refractivity contribution in [1.29, 1.82) is 5.26 Å². The van der Waals surface area contributed by atoms with E-state index in [2.05, 4.69) is 4.98 Å². The number of aldehydes is 1. The number of hydrogen-bond donors (Lipinski definition) is 1. The maximum absolute atomic E-state index is 10.2. The van der Waals surface area contributed by atoms with Crippen molar-refractivity contribution in [3.05, 3.63) is 23.0 Å². The van der Waals surface area contributed by atoms with Gasteiger partial charge in [-0.1, -0.05) is 0 Å². The van der Waals surface area contributed by atoms with Crippen molar-refractivity contribution in [1.82, 2.24) is 4.98 Å². The number of nitriles is 1. The molecule has 10 heavy (non-hydrogen) atoms. The Labute approximate surface area is 58.3 Å². The molecule has 0 aliphatic carbocycles. The number of carbonyl (C=O) groups excluding carboxylic acids is 1. The number of H-pyrrole nitrogens is 1. The van der Waals surface area contributed by atoms with Crippen LogP contribution in [-0.4, -0.2) is 11.3 Å². The molecule has 0 bridgehead atoms. The van der Waals surface area contributed by atoms with Crippen LogP contribution in [0, 0.1) is 18.3 Å². The molecule has 3 nitrogen and oxygen atoms in total. The van der Waals surface area contributed by atoms with Gasteiger partial charge in [-0.15, -0.1) is 0 Å². The van der Waals surface area contributed by atoms with Gasteiger partial charge in [0.1, 0.15) is 6.07 Å². The predicted molar refractivity (Wildman–Crippen MR) is 35.6 cm³/mol. The Morgan fingerprint density at radius 2 is 2.50 bits per heavy atom. The van der Waals surface area contributed by atoms with Crippen LogP contribution in [0.2, 0.25) is 0 Å². The minimum Gasteiger partial charge on any atom is -0.355 e. The van der Waals surface area contributed by atoms with E-state index in [0.717, 1.165) is 5.69 Å². The number of aromatic nitrogens is 1. The number of aromatic amines is 1. The summed E-state index contributed by atoms with van der Waals surface area (Å²) in [6, 6.07) is 3.55. The SMILES string of the molecule is Cc1cc(C#N)c(C=O)[nH]1. The zero-order valence-electron chi connectivity index (χ0n) is 5.51. The van der Waals surface area contributed by atoms with Gasteiger partial charge in [-0.2, -0.15) is 5.26 Å². The van der Waals surface area contributed by atoms with Crippen molar-refractivity contribution in [2.45, 2.75) is 6.92 Å². The van der Waals surface area contributed by atoms with Gasteiger partial charge in [0.05, 0.1) is 11.3 Å². The molecule has 0 amide bonds. The lowest BCUT2D eigenvalue weighted by Crippen LogP contribution is -1.81. The molecule has 0 fully saturated rings. The van der Waals surface area contributed by atoms with Crippen LogP contribution < -0.4 is 0 Å². The van der Waals surface area contributed by atoms with Gasteiger partial charge in [0.2, 0.25) is 0 Å². The fourth-order valence-electron chi connectivity index (χ4n) is 0.796. The predicted octanol–water partition coefficient (Wildman–Crippen LogP) is 1.01. The number of nitrogens with zero attached hydrogens (tertiary/aromatic N) is 1. The van der Waals surface area contributed by atoms with E-state index in [1.807, 2.05) is 6.07 Å². The fraction of sp³-hybridized carbons (Fsp3) is 0.143. The molecule has 0 aliphatic heterocycles. The lowest BCUT2D eigenvalue weighted by Gasteiger charge is -1.79. The third kappa shape index (κ3) is 0.914. The van der Waals surface area contributed by atoms with Crippen LogP contribution in [0.25, 0.3) is 0 Å². The van der Waals surface area contributed by atoms with Crippen LogP contribution in [0.5, 0.6) is 0 Å². The molecule has 0 aromatic carbocycles. The van der Waals surface area contributed by atoms with Crippen molar-refractivity contribution in [2.75, 3.05) is 0 Å². The molecule has 0 saturated carbocycles. The average molecular weight is 134 g/mol. The Hall–Kier alpha value is -1.56. The van der Waals surface area contributed by atoms with Gasteiger partial charge in [0, 0.05) is 5.69 Å². The first-order chi connectivity index (χ1) is 4.77. The van der Waals surface area contributed by atoms with Crippen LogP contribution in [0.15, 0.2) is 6.07 Å². The van der Waals surface area contributed by atoms with Crippen LogP contribution in [0.3, 0.4) is 0 Å². The maximum Gasteiger partial charge on any atom is 0.167 e. The van der Waals surface area contributed by atoms with Crippen molar-refractivity contribution >= 4 is 6.29 Å². The number of hydrogen-bond acceptors (Lipinski definition) is 2. The topological polar surface area (TPSA) is 56.6 Å². The summed E-state index contributed by atoms with van der Waals surface area (Å²) in [5.74, 6) is 0. The maximum atomic E-state index is 10.2. The summed E-state index contributed by atoms with van der Waals surface area (Å²) in [6.07, 6.45) is 0.644. The van der Waals surface area contributed by atoms with Gasteiger partial charge in [-0.3, -0.25) is 4.79 Å². The van der Waals surface area contributed by atoms with Crippen LogP contribution in [0.1, 0.15) is 21.7 Å². The van der Waals surface area contributed by atoms with Crippen molar-refractivity contribution < 1.29 is 4.79 Å². The summed E-state index contributed by atoms with van der Waals surface area (Å²) in [5, 5.41) is 8.43. The lowest BCUT2D eigenvalue weighted by molar-refractivity contribution is 0.111. The molecule has 1 rings (SSSR count). The molecule has 0 unspecified atom stereocenters. The number of rotatable bonds is 1. The van der Waals surface area contributed by atoms with E-state index in [1.54, 1.807) is 13.0 Å². The van der Waals surface area contributed by atoms with Gasteiger partial charge in [0.15, 0.2) is 6.29 Å². The standard InChI is InChI=1S/C7H6N2O/c1-5-2-6(3-8)7(4-10)9-5/h2,4,9H,1H3. The van der Waals surface area contributed by atoms with Gasteiger partial charge in [0.25, 0.3) is 0 Å². The molecule has 0 saturated heterocycles. The van der Waals surface area contributed by atoms with E-state index in [0.29, 0.717) is 17.5 Å². The minimum atomic E-state index is 0.361. The van der Waals surface area contributed by atoms with Crippen LogP contribution in [0.4, 0.5) is 0 Å². The van der Waals surface area contributed by atoms with E-state index in [4.69, 9.17) is 5.26 Å². The first-order valence-electron chi connectivity index (χ1n) is 2.83. The summed E-state index contributed by atoms with van der Waals surface area (Å²) >= 11 is 0. The van der Waals surface area contributed by atoms with Gasteiger partial charge in [-0.05, 0) is 13.0 Å². The molecule has 0 radical (unpaired) electrons. The van der Waals surface area contributed by atoms with E-state index in [-0.39, 0.29) is 0 Å².